The quantitative estimate of drug-likeness (QED) is 0.736. The van der Waals surface area contributed by atoms with Gasteiger partial charge in [0.2, 0.25) is 0 Å². The van der Waals surface area contributed by atoms with Crippen LogP contribution >= 0.6 is 0 Å². The Morgan fingerprint density at radius 2 is 1.54 bits per heavy atom. The van der Waals surface area contributed by atoms with E-state index in [2.05, 4.69) is 27.7 Å². The molecule has 0 radical (unpaired) electrons. The van der Waals surface area contributed by atoms with Gasteiger partial charge in [0.05, 0.1) is 13.0 Å². The molecule has 1 aliphatic heterocycles. The van der Waals surface area contributed by atoms with Crippen LogP contribution in [0.15, 0.2) is 40.5 Å². The highest BCUT2D eigenvalue weighted by Crippen LogP contribution is 2.51. The van der Waals surface area contributed by atoms with Gasteiger partial charge < -0.3 is 4.74 Å². The van der Waals surface area contributed by atoms with Gasteiger partial charge in [-0.2, -0.15) is 0 Å². The number of nitrogens with zero attached hydrogens (tertiary/aromatic N) is 1. The Balaban J connectivity index is 1.88. The Morgan fingerprint density at radius 1 is 0.893 bits per heavy atom. The number of aliphatic imine (C=N–C) groups is 1. The van der Waals surface area contributed by atoms with Crippen LogP contribution in [0.1, 0.15) is 64.9 Å². The van der Waals surface area contributed by atoms with Gasteiger partial charge in [-0.15, -0.1) is 0 Å². The standard InChI is InChI=1S/C24H29NO3/c1-23(2)10-16-21(18(26)12-23)20(14-6-8-15(28-5)9-7-14)22-17(25-16)11-24(3,4)13-19(22)27/h6-9,20-21H,10-13H2,1-5H3/t20-,21?/m0/s1. The van der Waals surface area contributed by atoms with E-state index in [0.717, 1.165) is 41.1 Å². The third-order valence-electron chi connectivity index (χ3n) is 6.31. The SMILES string of the molecule is COc1ccc([C@@H]2C3=C(CC(C)(C)CC3=O)N=C3CC(C)(C)CC(=O)C32)cc1. The minimum atomic E-state index is -0.315. The lowest BCUT2D eigenvalue weighted by Gasteiger charge is -2.44. The molecule has 2 aliphatic carbocycles. The minimum Gasteiger partial charge on any atom is -0.497 e. The number of carbonyl (C=O) groups excluding carboxylic acids is 2. The molecule has 1 saturated carbocycles. The maximum Gasteiger partial charge on any atom is 0.161 e. The average molecular weight is 380 g/mol. The van der Waals surface area contributed by atoms with Crippen LogP contribution in [-0.2, 0) is 9.59 Å². The number of Topliss-reactive ketones (excluding diaryl/α,β-unsaturated/α-hetero) is 2. The van der Waals surface area contributed by atoms with Gasteiger partial charge in [0.1, 0.15) is 11.5 Å². The number of hydrogen-bond acceptors (Lipinski definition) is 4. The molecule has 0 spiro atoms. The molecule has 28 heavy (non-hydrogen) atoms. The molecule has 0 N–H and O–H groups in total. The summed E-state index contributed by atoms with van der Waals surface area (Å²) in [5, 5.41) is 0. The van der Waals surface area contributed by atoms with Gasteiger partial charge in [-0.25, -0.2) is 0 Å². The normalized spacial score (nSPS) is 28.4. The zero-order valence-electron chi connectivity index (χ0n) is 17.5. The van der Waals surface area contributed by atoms with Gasteiger partial charge in [0.25, 0.3) is 0 Å². The van der Waals surface area contributed by atoms with Crippen LogP contribution in [0, 0.1) is 16.7 Å². The number of benzene rings is 1. The van der Waals surface area contributed by atoms with Crippen molar-refractivity contribution < 1.29 is 14.3 Å². The summed E-state index contributed by atoms with van der Waals surface area (Å²) in [6, 6.07) is 7.82. The predicted molar refractivity (Wildman–Crippen MR) is 110 cm³/mol. The van der Waals surface area contributed by atoms with Crippen molar-refractivity contribution in [1.82, 2.24) is 0 Å². The van der Waals surface area contributed by atoms with Gasteiger partial charge >= 0.3 is 0 Å². The number of ether oxygens (including phenoxy) is 1. The summed E-state index contributed by atoms with van der Waals surface area (Å²) < 4.78 is 5.30. The molecule has 0 amide bonds. The Morgan fingerprint density at radius 3 is 2.18 bits per heavy atom. The fourth-order valence-corrected chi connectivity index (χ4v) is 5.18. The number of allylic oxidation sites excluding steroid dienone is 2. The molecule has 1 heterocycles. The second-order valence-electron chi connectivity index (χ2n) is 10.1. The molecule has 0 aromatic heterocycles. The zero-order chi connectivity index (χ0) is 20.3. The minimum absolute atomic E-state index is 0.0802. The van der Waals surface area contributed by atoms with Crippen LogP contribution in [0.25, 0.3) is 0 Å². The van der Waals surface area contributed by atoms with E-state index in [9.17, 15) is 9.59 Å². The summed E-state index contributed by atoms with van der Waals surface area (Å²) in [4.78, 5) is 31.4. The molecule has 3 aliphatic rings. The molecule has 4 heteroatoms. The number of rotatable bonds is 2. The number of hydrogen-bond donors (Lipinski definition) is 0. The van der Waals surface area contributed by atoms with Crippen molar-refractivity contribution in [1.29, 1.82) is 0 Å². The summed E-state index contributed by atoms with van der Waals surface area (Å²) in [7, 11) is 1.64. The molecule has 2 atom stereocenters. The van der Waals surface area contributed by atoms with Crippen molar-refractivity contribution in [3.05, 3.63) is 41.1 Å². The van der Waals surface area contributed by atoms with E-state index in [0.29, 0.717) is 12.8 Å². The molecular weight excluding hydrogens is 350 g/mol. The largest absolute Gasteiger partial charge is 0.497 e. The average Bonchev–Trinajstić information content (AvgIpc) is 2.57. The first-order chi connectivity index (χ1) is 13.1. The highest BCUT2D eigenvalue weighted by Gasteiger charge is 2.49. The van der Waals surface area contributed by atoms with Crippen molar-refractivity contribution >= 4 is 17.3 Å². The first-order valence-electron chi connectivity index (χ1n) is 10.1. The number of ketones is 2. The van der Waals surface area contributed by atoms with E-state index in [1.54, 1.807) is 7.11 Å². The lowest BCUT2D eigenvalue weighted by Crippen LogP contribution is -2.45. The lowest BCUT2D eigenvalue weighted by atomic mass is 9.60. The Hall–Kier alpha value is -2.23. The topological polar surface area (TPSA) is 55.7 Å². The van der Waals surface area contributed by atoms with E-state index < -0.39 is 0 Å². The molecule has 1 fully saturated rings. The van der Waals surface area contributed by atoms with E-state index in [4.69, 9.17) is 9.73 Å². The van der Waals surface area contributed by atoms with Crippen LogP contribution in [-0.4, -0.2) is 24.4 Å². The summed E-state index contributed by atoms with van der Waals surface area (Å²) in [5.41, 5.74) is 3.47. The fraction of sp³-hybridized carbons (Fsp3) is 0.542. The molecule has 1 aromatic carbocycles. The third kappa shape index (κ3) is 3.23. The molecule has 0 saturated heterocycles. The second-order valence-corrected chi connectivity index (χ2v) is 10.1. The Kier molecular flexibility index (Phi) is 4.36. The molecule has 4 nitrogen and oxygen atoms in total. The van der Waals surface area contributed by atoms with Crippen LogP contribution in [0.3, 0.4) is 0 Å². The second kappa shape index (κ2) is 6.40. The Bertz CT molecular complexity index is 902. The van der Waals surface area contributed by atoms with Crippen LogP contribution in [0.2, 0.25) is 0 Å². The molecule has 0 bridgehead atoms. The first-order valence-corrected chi connectivity index (χ1v) is 10.1. The van der Waals surface area contributed by atoms with E-state index in [1.807, 2.05) is 24.3 Å². The van der Waals surface area contributed by atoms with Gasteiger partial charge in [0.15, 0.2) is 5.78 Å². The van der Waals surface area contributed by atoms with Crippen LogP contribution in [0.4, 0.5) is 0 Å². The predicted octanol–water partition coefficient (Wildman–Crippen LogP) is 4.88. The smallest absolute Gasteiger partial charge is 0.161 e. The maximum atomic E-state index is 13.2. The van der Waals surface area contributed by atoms with Crippen molar-refractivity contribution in [2.24, 2.45) is 21.7 Å². The van der Waals surface area contributed by atoms with Crippen molar-refractivity contribution in [2.45, 2.75) is 59.3 Å². The monoisotopic (exact) mass is 379 g/mol. The molecule has 1 unspecified atom stereocenters. The van der Waals surface area contributed by atoms with Gasteiger partial charge in [0, 0.05) is 35.7 Å². The highest BCUT2D eigenvalue weighted by molar-refractivity contribution is 6.13. The third-order valence-corrected chi connectivity index (χ3v) is 6.31. The van der Waals surface area contributed by atoms with Gasteiger partial charge in [-0.3, -0.25) is 14.6 Å². The Labute approximate surface area is 167 Å². The number of methoxy groups -OCH3 is 1. The van der Waals surface area contributed by atoms with Crippen LogP contribution in [0.5, 0.6) is 5.75 Å². The fourth-order valence-electron chi connectivity index (χ4n) is 5.18. The van der Waals surface area contributed by atoms with Crippen molar-refractivity contribution in [3.8, 4) is 5.75 Å². The van der Waals surface area contributed by atoms with Crippen molar-refractivity contribution in [2.75, 3.05) is 7.11 Å². The summed E-state index contributed by atoms with van der Waals surface area (Å²) in [6.07, 6.45) is 2.63. The van der Waals surface area contributed by atoms with Gasteiger partial charge in [-0.1, -0.05) is 39.8 Å². The van der Waals surface area contributed by atoms with E-state index in [-0.39, 0.29) is 34.2 Å². The first kappa shape index (κ1) is 19.1. The molecular formula is C24H29NO3. The van der Waals surface area contributed by atoms with Gasteiger partial charge in [-0.05, 0) is 41.4 Å². The summed E-state index contributed by atoms with van der Waals surface area (Å²) in [5.74, 6) is 0.591. The lowest BCUT2D eigenvalue weighted by molar-refractivity contribution is -0.124. The number of carbonyl (C=O) groups is 2. The summed E-state index contributed by atoms with van der Waals surface area (Å²) >= 11 is 0. The zero-order valence-corrected chi connectivity index (χ0v) is 17.5. The van der Waals surface area contributed by atoms with E-state index >= 15 is 0 Å². The van der Waals surface area contributed by atoms with Crippen molar-refractivity contribution in [3.63, 3.8) is 0 Å². The molecule has 4 rings (SSSR count). The highest BCUT2D eigenvalue weighted by atomic mass is 16.5. The summed E-state index contributed by atoms with van der Waals surface area (Å²) in [6.45, 7) is 8.51. The molecule has 148 valence electrons. The number of fused-ring (bicyclic) bond motifs is 1. The maximum absolute atomic E-state index is 13.2. The van der Waals surface area contributed by atoms with E-state index in [1.165, 1.54) is 0 Å². The van der Waals surface area contributed by atoms with Crippen LogP contribution < -0.4 is 4.74 Å². The molecule has 1 aromatic rings.